The highest BCUT2D eigenvalue weighted by Gasteiger charge is 2.15. The van der Waals surface area contributed by atoms with E-state index >= 15 is 0 Å². The molecule has 0 spiro atoms. The standard InChI is InChI=1S/C10H21NO6S/c1-10(2,3)17-9(12)11-5-7-16-6-4-8-18(13,14)15/h4-8H2,1-3H3,(H,11,12)(H,13,14,15). The summed E-state index contributed by atoms with van der Waals surface area (Å²) in [7, 11) is -3.92. The molecule has 0 saturated carbocycles. The fourth-order valence-corrected chi connectivity index (χ4v) is 1.47. The Morgan fingerprint density at radius 2 is 1.89 bits per heavy atom. The molecule has 108 valence electrons. The van der Waals surface area contributed by atoms with Gasteiger partial charge in [0, 0.05) is 13.2 Å². The number of carbonyl (C=O) groups is 1. The van der Waals surface area contributed by atoms with Gasteiger partial charge in [0.2, 0.25) is 0 Å². The molecule has 1 amide bonds. The Labute approximate surface area is 108 Å². The summed E-state index contributed by atoms with van der Waals surface area (Å²) in [4.78, 5) is 11.2. The van der Waals surface area contributed by atoms with Crippen LogP contribution in [0.25, 0.3) is 0 Å². The highest BCUT2D eigenvalue weighted by molar-refractivity contribution is 7.85. The Hall–Kier alpha value is -0.860. The third kappa shape index (κ3) is 13.2. The third-order valence-corrected chi connectivity index (χ3v) is 2.41. The van der Waals surface area contributed by atoms with Gasteiger partial charge in [0.05, 0.1) is 12.4 Å². The van der Waals surface area contributed by atoms with Gasteiger partial charge in [-0.25, -0.2) is 4.79 Å². The lowest BCUT2D eigenvalue weighted by molar-refractivity contribution is 0.0500. The van der Waals surface area contributed by atoms with Crippen molar-refractivity contribution >= 4 is 16.2 Å². The zero-order valence-corrected chi connectivity index (χ0v) is 11.7. The maximum absolute atomic E-state index is 11.2. The van der Waals surface area contributed by atoms with Gasteiger partial charge in [0.15, 0.2) is 0 Å². The van der Waals surface area contributed by atoms with Crippen LogP contribution in [0.3, 0.4) is 0 Å². The number of amides is 1. The first kappa shape index (κ1) is 17.1. The molecule has 0 rings (SSSR count). The van der Waals surface area contributed by atoms with Crippen molar-refractivity contribution in [3.05, 3.63) is 0 Å². The Morgan fingerprint density at radius 1 is 1.28 bits per heavy atom. The van der Waals surface area contributed by atoms with Crippen LogP contribution in [0, 0.1) is 0 Å². The summed E-state index contributed by atoms with van der Waals surface area (Å²) in [6.07, 6.45) is -0.310. The lowest BCUT2D eigenvalue weighted by atomic mass is 10.2. The van der Waals surface area contributed by atoms with Gasteiger partial charge in [-0.05, 0) is 27.2 Å². The van der Waals surface area contributed by atoms with Gasteiger partial charge >= 0.3 is 6.09 Å². The predicted molar refractivity (Wildman–Crippen MR) is 66.1 cm³/mol. The fraction of sp³-hybridized carbons (Fsp3) is 0.900. The summed E-state index contributed by atoms with van der Waals surface area (Å²) >= 11 is 0. The molecule has 0 fully saturated rings. The van der Waals surface area contributed by atoms with Crippen LogP contribution in [0.15, 0.2) is 0 Å². The summed E-state index contributed by atoms with van der Waals surface area (Å²) in [5.41, 5.74) is -0.541. The minimum absolute atomic E-state index is 0.204. The van der Waals surface area contributed by atoms with Crippen LogP contribution < -0.4 is 5.32 Å². The van der Waals surface area contributed by atoms with Crippen LogP contribution in [0.2, 0.25) is 0 Å². The van der Waals surface area contributed by atoms with E-state index in [1.807, 2.05) is 0 Å². The first-order valence-corrected chi connectivity index (χ1v) is 7.21. The normalized spacial score (nSPS) is 12.2. The largest absolute Gasteiger partial charge is 0.444 e. The molecule has 0 aliphatic carbocycles. The summed E-state index contributed by atoms with van der Waals surface area (Å²) in [6.45, 7) is 6.02. The number of alkyl carbamates (subject to hydrolysis) is 1. The molecule has 0 aromatic rings. The summed E-state index contributed by atoms with van der Waals surface area (Å²) in [6, 6.07) is 0. The van der Waals surface area contributed by atoms with Gasteiger partial charge in [-0.3, -0.25) is 4.55 Å². The summed E-state index contributed by atoms with van der Waals surface area (Å²) in [5, 5.41) is 2.49. The molecule has 0 aromatic heterocycles. The zero-order valence-electron chi connectivity index (χ0n) is 10.9. The van der Waals surface area contributed by atoms with E-state index in [-0.39, 0.29) is 31.9 Å². The van der Waals surface area contributed by atoms with Crippen molar-refractivity contribution in [1.29, 1.82) is 0 Å². The Morgan fingerprint density at radius 3 is 2.39 bits per heavy atom. The first-order valence-electron chi connectivity index (χ1n) is 5.60. The summed E-state index contributed by atoms with van der Waals surface area (Å²) < 4.78 is 39.2. The van der Waals surface area contributed by atoms with E-state index in [2.05, 4.69) is 5.32 Å². The fourth-order valence-electron chi connectivity index (χ4n) is 0.985. The lowest BCUT2D eigenvalue weighted by Crippen LogP contribution is -2.34. The number of rotatable bonds is 7. The highest BCUT2D eigenvalue weighted by Crippen LogP contribution is 2.05. The van der Waals surface area contributed by atoms with Crippen molar-refractivity contribution in [1.82, 2.24) is 5.32 Å². The van der Waals surface area contributed by atoms with Crippen molar-refractivity contribution in [3.8, 4) is 0 Å². The number of hydrogen-bond acceptors (Lipinski definition) is 5. The second-order valence-electron chi connectivity index (χ2n) is 4.68. The van der Waals surface area contributed by atoms with E-state index in [0.29, 0.717) is 0 Å². The maximum atomic E-state index is 11.2. The van der Waals surface area contributed by atoms with Crippen molar-refractivity contribution < 1.29 is 27.2 Å². The van der Waals surface area contributed by atoms with Crippen LogP contribution in [0.5, 0.6) is 0 Å². The molecular formula is C10H21NO6S. The van der Waals surface area contributed by atoms with Crippen LogP contribution in [-0.4, -0.2) is 50.2 Å². The van der Waals surface area contributed by atoms with Crippen molar-refractivity contribution in [3.63, 3.8) is 0 Å². The van der Waals surface area contributed by atoms with E-state index in [1.165, 1.54) is 0 Å². The molecule has 7 nitrogen and oxygen atoms in total. The quantitative estimate of drug-likeness (QED) is 0.529. The van der Waals surface area contributed by atoms with E-state index in [0.717, 1.165) is 0 Å². The van der Waals surface area contributed by atoms with Gasteiger partial charge in [0.1, 0.15) is 5.60 Å². The Bertz CT molecular complexity index is 346. The number of carbonyl (C=O) groups excluding carboxylic acids is 1. The van der Waals surface area contributed by atoms with Crippen molar-refractivity contribution in [2.24, 2.45) is 0 Å². The molecule has 0 atom stereocenters. The smallest absolute Gasteiger partial charge is 0.407 e. The van der Waals surface area contributed by atoms with E-state index in [9.17, 15) is 13.2 Å². The van der Waals surface area contributed by atoms with Crippen LogP contribution in [-0.2, 0) is 19.6 Å². The molecule has 2 N–H and O–H groups in total. The van der Waals surface area contributed by atoms with Crippen LogP contribution in [0.4, 0.5) is 4.79 Å². The molecule has 0 aliphatic heterocycles. The molecule has 18 heavy (non-hydrogen) atoms. The molecule has 0 aromatic carbocycles. The molecule has 0 saturated heterocycles. The van der Waals surface area contributed by atoms with Crippen LogP contribution in [0.1, 0.15) is 27.2 Å². The summed E-state index contributed by atoms with van der Waals surface area (Å²) in [5.74, 6) is -0.327. The van der Waals surface area contributed by atoms with E-state index < -0.39 is 21.8 Å². The second-order valence-corrected chi connectivity index (χ2v) is 6.25. The molecule has 0 heterocycles. The van der Waals surface area contributed by atoms with Gasteiger partial charge in [-0.2, -0.15) is 8.42 Å². The molecule has 0 radical (unpaired) electrons. The van der Waals surface area contributed by atoms with Gasteiger partial charge in [-0.1, -0.05) is 0 Å². The molecule has 8 heteroatoms. The minimum Gasteiger partial charge on any atom is -0.444 e. The molecule has 0 unspecified atom stereocenters. The third-order valence-electron chi connectivity index (χ3n) is 1.61. The van der Waals surface area contributed by atoms with Crippen LogP contribution >= 0.6 is 0 Å². The number of hydrogen-bond donors (Lipinski definition) is 2. The minimum atomic E-state index is -3.92. The van der Waals surface area contributed by atoms with Gasteiger partial charge in [-0.15, -0.1) is 0 Å². The van der Waals surface area contributed by atoms with Crippen molar-refractivity contribution in [2.45, 2.75) is 32.8 Å². The lowest BCUT2D eigenvalue weighted by Gasteiger charge is -2.19. The van der Waals surface area contributed by atoms with E-state index in [4.69, 9.17) is 14.0 Å². The highest BCUT2D eigenvalue weighted by atomic mass is 32.2. The SMILES string of the molecule is CC(C)(C)OC(=O)NCCOCCCS(=O)(=O)O. The maximum Gasteiger partial charge on any atom is 0.407 e. The van der Waals surface area contributed by atoms with E-state index in [1.54, 1.807) is 20.8 Å². The molecule has 0 aliphatic rings. The molecule has 0 bridgehead atoms. The van der Waals surface area contributed by atoms with Gasteiger partial charge in [0.25, 0.3) is 10.1 Å². The topological polar surface area (TPSA) is 102 Å². The average Bonchev–Trinajstić information content (AvgIpc) is 2.11. The molecular weight excluding hydrogens is 262 g/mol. The average molecular weight is 283 g/mol. The monoisotopic (exact) mass is 283 g/mol. The first-order chi connectivity index (χ1) is 8.10. The number of nitrogens with one attached hydrogen (secondary N) is 1. The zero-order chi connectivity index (χ0) is 14.2. The predicted octanol–water partition coefficient (Wildman–Crippen LogP) is 0.806. The Kier molecular flexibility index (Phi) is 7.19. The van der Waals surface area contributed by atoms with Gasteiger partial charge < -0.3 is 14.8 Å². The second kappa shape index (κ2) is 7.55. The van der Waals surface area contributed by atoms with Crippen molar-refractivity contribution in [2.75, 3.05) is 25.5 Å². The number of ether oxygens (including phenoxy) is 2. The Balaban J connectivity index is 3.44.